The lowest BCUT2D eigenvalue weighted by Crippen LogP contribution is -2.41. The highest BCUT2D eigenvalue weighted by Crippen LogP contribution is 2.27. The molecule has 1 heterocycles. The van der Waals surface area contributed by atoms with Crippen molar-refractivity contribution in [1.82, 2.24) is 4.90 Å². The van der Waals surface area contributed by atoms with E-state index in [0.29, 0.717) is 18.7 Å². The van der Waals surface area contributed by atoms with Gasteiger partial charge in [0.1, 0.15) is 0 Å². The lowest BCUT2D eigenvalue weighted by atomic mass is 10.1. The van der Waals surface area contributed by atoms with Crippen molar-refractivity contribution in [2.24, 2.45) is 5.92 Å². The smallest absolute Gasteiger partial charge is 0.228 e. The molecule has 1 unspecified atom stereocenters. The zero-order chi connectivity index (χ0) is 20.3. The number of nitrogens with zero attached hydrogens (tertiary/aromatic N) is 2. The van der Waals surface area contributed by atoms with Crippen LogP contribution in [-0.2, 0) is 16.1 Å². The minimum absolute atomic E-state index is 0.00931. The first-order chi connectivity index (χ1) is 13.4. The lowest BCUT2D eigenvalue weighted by Gasteiger charge is -2.29. The molecule has 28 heavy (non-hydrogen) atoms. The fourth-order valence-corrected chi connectivity index (χ4v) is 3.53. The first kappa shape index (κ1) is 19.8. The van der Waals surface area contributed by atoms with Crippen molar-refractivity contribution >= 4 is 23.3 Å². The van der Waals surface area contributed by atoms with Crippen LogP contribution in [0.1, 0.15) is 43.1 Å². The van der Waals surface area contributed by atoms with Crippen molar-refractivity contribution in [3.05, 3.63) is 65.7 Å². The molecular weight excluding hydrogens is 352 g/mol. The van der Waals surface area contributed by atoms with E-state index in [1.165, 1.54) is 6.92 Å². The summed E-state index contributed by atoms with van der Waals surface area (Å²) >= 11 is 0. The number of amides is 2. The second-order valence-electron chi connectivity index (χ2n) is 7.55. The first-order valence-corrected chi connectivity index (χ1v) is 9.62. The predicted octanol–water partition coefficient (Wildman–Crippen LogP) is 3.68. The molecule has 5 nitrogen and oxygen atoms in total. The molecule has 0 N–H and O–H groups in total. The van der Waals surface area contributed by atoms with Crippen LogP contribution < -0.4 is 4.90 Å². The Kier molecular flexibility index (Phi) is 5.93. The third-order valence-corrected chi connectivity index (χ3v) is 5.16. The van der Waals surface area contributed by atoms with Gasteiger partial charge in [-0.3, -0.25) is 14.4 Å². The van der Waals surface area contributed by atoms with E-state index in [0.717, 1.165) is 11.3 Å². The van der Waals surface area contributed by atoms with Gasteiger partial charge >= 0.3 is 0 Å². The molecule has 0 aliphatic carbocycles. The van der Waals surface area contributed by atoms with Crippen LogP contribution in [0.3, 0.4) is 0 Å². The average Bonchev–Trinajstić information content (AvgIpc) is 3.08. The molecule has 146 valence electrons. The molecule has 2 aromatic rings. The summed E-state index contributed by atoms with van der Waals surface area (Å²) in [7, 11) is 0. The predicted molar refractivity (Wildman–Crippen MR) is 109 cm³/mol. The van der Waals surface area contributed by atoms with Crippen molar-refractivity contribution in [3.8, 4) is 0 Å². The molecule has 0 bridgehead atoms. The van der Waals surface area contributed by atoms with E-state index in [-0.39, 0.29) is 36.0 Å². The molecule has 3 rings (SSSR count). The minimum Gasteiger partial charge on any atom is -0.336 e. The number of carbonyl (C=O) groups excluding carboxylic acids is 3. The zero-order valence-corrected chi connectivity index (χ0v) is 16.6. The van der Waals surface area contributed by atoms with Gasteiger partial charge in [-0.1, -0.05) is 30.3 Å². The van der Waals surface area contributed by atoms with Gasteiger partial charge in [-0.15, -0.1) is 0 Å². The summed E-state index contributed by atoms with van der Waals surface area (Å²) in [5, 5.41) is 0. The third kappa shape index (κ3) is 4.30. The molecule has 1 fully saturated rings. The monoisotopic (exact) mass is 378 g/mol. The van der Waals surface area contributed by atoms with Crippen LogP contribution in [-0.4, -0.2) is 35.1 Å². The number of anilines is 1. The van der Waals surface area contributed by atoms with Crippen molar-refractivity contribution < 1.29 is 14.4 Å². The average molecular weight is 378 g/mol. The van der Waals surface area contributed by atoms with E-state index in [2.05, 4.69) is 0 Å². The molecule has 1 aliphatic heterocycles. The van der Waals surface area contributed by atoms with Gasteiger partial charge in [0, 0.05) is 36.8 Å². The standard InChI is InChI=1S/C23H26N2O3/c1-16(2)24(14-18-7-5-4-6-8-18)23(28)20-13-22(27)25(15-20)21-11-9-19(10-12-21)17(3)26/h4-12,16,20H,13-15H2,1-3H3. The molecule has 5 heteroatoms. The molecule has 0 spiro atoms. The van der Waals surface area contributed by atoms with E-state index in [1.807, 2.05) is 49.1 Å². The van der Waals surface area contributed by atoms with E-state index >= 15 is 0 Å². The van der Waals surface area contributed by atoms with E-state index in [9.17, 15) is 14.4 Å². The van der Waals surface area contributed by atoms with Gasteiger partial charge in [0.25, 0.3) is 0 Å². The summed E-state index contributed by atoms with van der Waals surface area (Å²) < 4.78 is 0. The second-order valence-corrected chi connectivity index (χ2v) is 7.55. The first-order valence-electron chi connectivity index (χ1n) is 9.62. The van der Waals surface area contributed by atoms with Crippen LogP contribution in [0.4, 0.5) is 5.69 Å². The largest absolute Gasteiger partial charge is 0.336 e. The summed E-state index contributed by atoms with van der Waals surface area (Å²) in [6, 6.07) is 16.9. The van der Waals surface area contributed by atoms with Crippen LogP contribution in [0.25, 0.3) is 0 Å². The Hall–Kier alpha value is -2.95. The highest BCUT2D eigenvalue weighted by molar-refractivity contribution is 6.01. The van der Waals surface area contributed by atoms with Gasteiger partial charge in [0.2, 0.25) is 11.8 Å². The fourth-order valence-electron chi connectivity index (χ4n) is 3.53. The third-order valence-electron chi connectivity index (χ3n) is 5.16. The Balaban J connectivity index is 1.73. The van der Waals surface area contributed by atoms with Crippen molar-refractivity contribution in [2.45, 2.75) is 39.8 Å². The van der Waals surface area contributed by atoms with E-state index in [4.69, 9.17) is 0 Å². The van der Waals surface area contributed by atoms with Gasteiger partial charge in [-0.05, 0) is 50.6 Å². The zero-order valence-electron chi connectivity index (χ0n) is 16.6. The maximum atomic E-state index is 13.2. The summed E-state index contributed by atoms with van der Waals surface area (Å²) in [6.45, 7) is 6.41. The molecule has 2 aromatic carbocycles. The number of hydrogen-bond donors (Lipinski definition) is 0. The molecule has 0 radical (unpaired) electrons. The topological polar surface area (TPSA) is 57.7 Å². The van der Waals surface area contributed by atoms with Crippen LogP contribution in [0.5, 0.6) is 0 Å². The van der Waals surface area contributed by atoms with Crippen molar-refractivity contribution in [2.75, 3.05) is 11.4 Å². The van der Waals surface area contributed by atoms with Gasteiger partial charge in [-0.2, -0.15) is 0 Å². The molecule has 0 saturated carbocycles. The molecule has 0 aromatic heterocycles. The van der Waals surface area contributed by atoms with E-state index in [1.54, 1.807) is 29.2 Å². The van der Waals surface area contributed by atoms with Crippen LogP contribution in [0, 0.1) is 5.92 Å². The van der Waals surface area contributed by atoms with Crippen molar-refractivity contribution in [1.29, 1.82) is 0 Å². The number of rotatable bonds is 6. The molecule has 2 amide bonds. The minimum atomic E-state index is -0.355. The quantitative estimate of drug-likeness (QED) is 0.721. The maximum Gasteiger partial charge on any atom is 0.228 e. The Morgan fingerprint density at radius 1 is 1.07 bits per heavy atom. The van der Waals surface area contributed by atoms with Crippen LogP contribution in [0.15, 0.2) is 54.6 Å². The molecular formula is C23H26N2O3. The molecule has 1 atom stereocenters. The SMILES string of the molecule is CC(=O)c1ccc(N2CC(C(=O)N(Cc3ccccc3)C(C)C)CC2=O)cc1. The van der Waals surface area contributed by atoms with Gasteiger partial charge < -0.3 is 9.80 Å². The summed E-state index contributed by atoms with van der Waals surface area (Å²) in [4.78, 5) is 40.6. The summed E-state index contributed by atoms with van der Waals surface area (Å²) in [5.74, 6) is -0.417. The Labute approximate surface area is 166 Å². The van der Waals surface area contributed by atoms with Crippen LogP contribution >= 0.6 is 0 Å². The normalized spacial score (nSPS) is 16.5. The number of hydrogen-bond acceptors (Lipinski definition) is 3. The Morgan fingerprint density at radius 3 is 2.29 bits per heavy atom. The Morgan fingerprint density at radius 2 is 1.71 bits per heavy atom. The molecule has 1 aliphatic rings. The summed E-state index contributed by atoms with van der Waals surface area (Å²) in [6.07, 6.45) is 0.214. The highest BCUT2D eigenvalue weighted by Gasteiger charge is 2.37. The maximum absolute atomic E-state index is 13.2. The number of benzene rings is 2. The fraction of sp³-hybridized carbons (Fsp3) is 0.348. The molecule has 1 saturated heterocycles. The lowest BCUT2D eigenvalue weighted by molar-refractivity contribution is -0.138. The van der Waals surface area contributed by atoms with Gasteiger partial charge in [0.05, 0.1) is 5.92 Å². The number of carbonyl (C=O) groups is 3. The van der Waals surface area contributed by atoms with E-state index < -0.39 is 0 Å². The van der Waals surface area contributed by atoms with Gasteiger partial charge in [0.15, 0.2) is 5.78 Å². The second kappa shape index (κ2) is 8.38. The number of Topliss-reactive ketones (excluding diaryl/α,β-unsaturated/α-hetero) is 1. The van der Waals surface area contributed by atoms with Crippen LogP contribution in [0.2, 0.25) is 0 Å². The Bertz CT molecular complexity index is 859. The van der Waals surface area contributed by atoms with Gasteiger partial charge in [-0.25, -0.2) is 0 Å². The summed E-state index contributed by atoms with van der Waals surface area (Å²) in [5.41, 5.74) is 2.41. The number of ketones is 1. The highest BCUT2D eigenvalue weighted by atomic mass is 16.2. The van der Waals surface area contributed by atoms with Crippen molar-refractivity contribution in [3.63, 3.8) is 0 Å².